The van der Waals surface area contributed by atoms with Crippen LogP contribution in [0, 0.1) is 0 Å². The standard InChI is InChI=1S/C12H17N3O3/c1-5-18-12(17)9(2)8-15-11(16)6-10(7-13-15)14(3)4/h6-7H,2,5,8H2,1,3-4H3. The van der Waals surface area contributed by atoms with Crippen molar-refractivity contribution in [3.63, 3.8) is 0 Å². The second-order valence-corrected chi connectivity index (χ2v) is 3.93. The minimum atomic E-state index is -0.511. The molecule has 1 aromatic heterocycles. The minimum absolute atomic E-state index is 0.0331. The number of ether oxygens (including phenoxy) is 1. The molecule has 0 saturated carbocycles. The Labute approximate surface area is 105 Å². The molecule has 0 N–H and O–H groups in total. The summed E-state index contributed by atoms with van der Waals surface area (Å²) in [6, 6.07) is 1.45. The van der Waals surface area contributed by atoms with E-state index in [2.05, 4.69) is 11.7 Å². The number of carbonyl (C=O) groups excluding carboxylic acids is 1. The van der Waals surface area contributed by atoms with Crippen molar-refractivity contribution in [1.29, 1.82) is 0 Å². The molecule has 1 aromatic rings. The van der Waals surface area contributed by atoms with Gasteiger partial charge in [-0.2, -0.15) is 5.10 Å². The van der Waals surface area contributed by atoms with E-state index in [-0.39, 0.29) is 24.3 Å². The van der Waals surface area contributed by atoms with E-state index in [9.17, 15) is 9.59 Å². The number of rotatable bonds is 5. The molecule has 1 heterocycles. The summed E-state index contributed by atoms with van der Waals surface area (Å²) in [5.74, 6) is -0.511. The lowest BCUT2D eigenvalue weighted by Crippen LogP contribution is -2.26. The third-order valence-electron chi connectivity index (χ3n) is 2.28. The van der Waals surface area contributed by atoms with Gasteiger partial charge in [0.25, 0.3) is 5.56 Å². The van der Waals surface area contributed by atoms with Crippen LogP contribution in [0.2, 0.25) is 0 Å². The molecule has 0 aliphatic heterocycles. The molecule has 0 aliphatic carbocycles. The molecule has 0 aliphatic rings. The van der Waals surface area contributed by atoms with Crippen LogP contribution in [0.15, 0.2) is 29.2 Å². The summed E-state index contributed by atoms with van der Waals surface area (Å²) in [5.41, 5.74) is 0.619. The second-order valence-electron chi connectivity index (χ2n) is 3.93. The number of esters is 1. The van der Waals surface area contributed by atoms with Crippen molar-refractivity contribution < 1.29 is 9.53 Å². The molecule has 0 aromatic carbocycles. The fourth-order valence-corrected chi connectivity index (χ4v) is 1.27. The largest absolute Gasteiger partial charge is 0.463 e. The smallest absolute Gasteiger partial charge is 0.335 e. The number of aromatic nitrogens is 2. The van der Waals surface area contributed by atoms with Crippen molar-refractivity contribution in [2.75, 3.05) is 25.6 Å². The summed E-state index contributed by atoms with van der Waals surface area (Å²) in [6.45, 7) is 5.60. The zero-order valence-electron chi connectivity index (χ0n) is 10.8. The van der Waals surface area contributed by atoms with Crippen LogP contribution in [-0.4, -0.2) is 36.5 Å². The van der Waals surface area contributed by atoms with E-state index in [0.29, 0.717) is 5.69 Å². The lowest BCUT2D eigenvalue weighted by molar-refractivity contribution is -0.138. The topological polar surface area (TPSA) is 64.4 Å². The van der Waals surface area contributed by atoms with Crippen molar-refractivity contribution in [3.05, 3.63) is 34.8 Å². The molecule has 0 fully saturated rings. The quantitative estimate of drug-likeness (QED) is 0.561. The molecular weight excluding hydrogens is 234 g/mol. The van der Waals surface area contributed by atoms with Gasteiger partial charge in [-0.1, -0.05) is 6.58 Å². The van der Waals surface area contributed by atoms with Crippen LogP contribution in [-0.2, 0) is 16.1 Å². The lowest BCUT2D eigenvalue weighted by atomic mass is 10.3. The Balaban J connectivity index is 2.83. The first-order chi connectivity index (χ1) is 8.45. The van der Waals surface area contributed by atoms with Gasteiger partial charge in [-0.25, -0.2) is 9.48 Å². The number of hydrogen-bond donors (Lipinski definition) is 0. The number of carbonyl (C=O) groups is 1. The van der Waals surface area contributed by atoms with Gasteiger partial charge in [0.2, 0.25) is 0 Å². The maximum Gasteiger partial charge on any atom is 0.335 e. The first-order valence-corrected chi connectivity index (χ1v) is 5.55. The third kappa shape index (κ3) is 3.44. The Morgan fingerprint density at radius 2 is 2.22 bits per heavy atom. The highest BCUT2D eigenvalue weighted by Gasteiger charge is 2.10. The Kier molecular flexibility index (Phi) is 4.65. The van der Waals surface area contributed by atoms with Gasteiger partial charge in [0.1, 0.15) is 0 Å². The molecular formula is C12H17N3O3. The average molecular weight is 251 g/mol. The Morgan fingerprint density at radius 1 is 1.56 bits per heavy atom. The van der Waals surface area contributed by atoms with Gasteiger partial charge < -0.3 is 9.64 Å². The first kappa shape index (κ1) is 14.0. The maximum atomic E-state index is 11.7. The van der Waals surface area contributed by atoms with Crippen LogP contribution in [0.25, 0.3) is 0 Å². The molecule has 0 atom stereocenters. The number of anilines is 1. The van der Waals surface area contributed by atoms with Crippen molar-refractivity contribution in [3.8, 4) is 0 Å². The normalized spacial score (nSPS) is 9.94. The van der Waals surface area contributed by atoms with Gasteiger partial charge in [-0.15, -0.1) is 0 Å². The van der Waals surface area contributed by atoms with E-state index in [4.69, 9.17) is 4.74 Å². The lowest BCUT2D eigenvalue weighted by Gasteiger charge is -2.12. The third-order valence-corrected chi connectivity index (χ3v) is 2.28. The molecule has 18 heavy (non-hydrogen) atoms. The van der Waals surface area contributed by atoms with Crippen molar-refractivity contribution in [1.82, 2.24) is 9.78 Å². The molecule has 0 amide bonds. The van der Waals surface area contributed by atoms with E-state index in [1.54, 1.807) is 18.0 Å². The molecule has 0 radical (unpaired) electrons. The monoisotopic (exact) mass is 251 g/mol. The Morgan fingerprint density at radius 3 is 2.72 bits per heavy atom. The number of nitrogens with zero attached hydrogens (tertiary/aromatic N) is 3. The summed E-state index contributed by atoms with van der Waals surface area (Å²) in [7, 11) is 3.64. The van der Waals surface area contributed by atoms with E-state index in [1.807, 2.05) is 14.1 Å². The second kappa shape index (κ2) is 6.00. The fraction of sp³-hybridized carbons (Fsp3) is 0.417. The van der Waals surface area contributed by atoms with Crippen LogP contribution < -0.4 is 10.5 Å². The first-order valence-electron chi connectivity index (χ1n) is 5.55. The van der Waals surface area contributed by atoms with Gasteiger partial charge in [0, 0.05) is 20.2 Å². The number of hydrogen-bond acceptors (Lipinski definition) is 5. The summed E-state index contributed by atoms with van der Waals surface area (Å²) in [4.78, 5) is 24.9. The Bertz CT molecular complexity index is 506. The van der Waals surface area contributed by atoms with Crippen LogP contribution in [0.4, 0.5) is 5.69 Å². The van der Waals surface area contributed by atoms with Gasteiger partial charge in [-0.05, 0) is 6.92 Å². The molecule has 6 nitrogen and oxygen atoms in total. The predicted octanol–water partition coefficient (Wildman–Crippen LogP) is 0.429. The molecule has 6 heteroatoms. The summed E-state index contributed by atoms with van der Waals surface area (Å²) in [5, 5.41) is 3.98. The zero-order valence-corrected chi connectivity index (χ0v) is 10.8. The average Bonchev–Trinajstić information content (AvgIpc) is 2.31. The SMILES string of the molecule is C=C(Cn1ncc(N(C)C)cc1=O)C(=O)OCC. The van der Waals surface area contributed by atoms with E-state index < -0.39 is 5.97 Å². The van der Waals surface area contributed by atoms with Gasteiger partial charge in [0.05, 0.1) is 30.6 Å². The molecule has 0 unspecified atom stereocenters. The predicted molar refractivity (Wildman–Crippen MR) is 68.6 cm³/mol. The van der Waals surface area contributed by atoms with Crippen molar-refractivity contribution >= 4 is 11.7 Å². The van der Waals surface area contributed by atoms with Gasteiger partial charge in [0.15, 0.2) is 0 Å². The van der Waals surface area contributed by atoms with Crippen molar-refractivity contribution in [2.45, 2.75) is 13.5 Å². The van der Waals surface area contributed by atoms with Gasteiger partial charge in [-0.3, -0.25) is 4.79 Å². The highest BCUT2D eigenvalue weighted by molar-refractivity contribution is 5.87. The van der Waals surface area contributed by atoms with Crippen LogP contribution in [0.3, 0.4) is 0 Å². The minimum Gasteiger partial charge on any atom is -0.463 e. The van der Waals surface area contributed by atoms with E-state index in [1.165, 1.54) is 10.7 Å². The zero-order chi connectivity index (χ0) is 13.7. The summed E-state index contributed by atoms with van der Waals surface area (Å²) in [6.07, 6.45) is 1.56. The highest BCUT2D eigenvalue weighted by atomic mass is 16.5. The fourth-order valence-electron chi connectivity index (χ4n) is 1.27. The van der Waals surface area contributed by atoms with Crippen LogP contribution in [0.5, 0.6) is 0 Å². The van der Waals surface area contributed by atoms with Crippen molar-refractivity contribution in [2.24, 2.45) is 0 Å². The highest BCUT2D eigenvalue weighted by Crippen LogP contribution is 2.04. The molecule has 98 valence electrons. The van der Waals surface area contributed by atoms with E-state index in [0.717, 1.165) is 0 Å². The maximum absolute atomic E-state index is 11.7. The molecule has 0 saturated heterocycles. The molecule has 0 spiro atoms. The van der Waals surface area contributed by atoms with E-state index >= 15 is 0 Å². The van der Waals surface area contributed by atoms with Crippen LogP contribution in [0.1, 0.15) is 6.92 Å². The van der Waals surface area contributed by atoms with Crippen LogP contribution >= 0.6 is 0 Å². The summed E-state index contributed by atoms with van der Waals surface area (Å²) >= 11 is 0. The van der Waals surface area contributed by atoms with Gasteiger partial charge >= 0.3 is 5.97 Å². The molecule has 1 rings (SSSR count). The summed E-state index contributed by atoms with van der Waals surface area (Å²) < 4.78 is 5.96. The Hall–Kier alpha value is -2.11. The molecule has 0 bridgehead atoms.